The summed E-state index contributed by atoms with van der Waals surface area (Å²) >= 11 is 1.52. The molecule has 4 rings (SSSR count). The van der Waals surface area contributed by atoms with Gasteiger partial charge in [-0.25, -0.2) is 14.8 Å². The molecule has 2 heterocycles. The van der Waals surface area contributed by atoms with Crippen LogP contribution in [0.4, 0.5) is 0 Å². The fourth-order valence-electron chi connectivity index (χ4n) is 2.47. The number of rotatable bonds is 4. The predicted octanol–water partition coefficient (Wildman–Crippen LogP) is 4.16. The quantitative estimate of drug-likeness (QED) is 0.516. The van der Waals surface area contributed by atoms with E-state index in [0.29, 0.717) is 11.3 Å². The van der Waals surface area contributed by atoms with Gasteiger partial charge in [0.1, 0.15) is 10.8 Å². The first-order chi connectivity index (χ1) is 12.7. The average molecular weight is 362 g/mol. The summed E-state index contributed by atoms with van der Waals surface area (Å²) in [4.78, 5) is 21.0. The lowest BCUT2D eigenvalue weighted by molar-refractivity contribution is -0.129. The number of cyclic esters (lactones) is 1. The van der Waals surface area contributed by atoms with Crippen LogP contribution >= 0.6 is 11.3 Å². The van der Waals surface area contributed by atoms with E-state index in [4.69, 9.17) is 9.47 Å². The Kier molecular flexibility index (Phi) is 4.33. The van der Waals surface area contributed by atoms with E-state index in [-0.39, 0.29) is 11.6 Å². The number of aliphatic imine (C=N–C) groups is 1. The van der Waals surface area contributed by atoms with Crippen LogP contribution in [0.5, 0.6) is 5.75 Å². The van der Waals surface area contributed by atoms with Crippen molar-refractivity contribution in [3.63, 3.8) is 0 Å². The number of hydrogen-bond donors (Lipinski definition) is 0. The molecule has 1 aromatic heterocycles. The number of benzene rings is 2. The first kappa shape index (κ1) is 16.2. The lowest BCUT2D eigenvalue weighted by atomic mass is 10.2. The lowest BCUT2D eigenvalue weighted by Crippen LogP contribution is -2.05. The number of thiazole rings is 1. The van der Waals surface area contributed by atoms with E-state index in [9.17, 15) is 4.79 Å². The predicted molar refractivity (Wildman–Crippen MR) is 101 cm³/mol. The van der Waals surface area contributed by atoms with Crippen LogP contribution in [0.15, 0.2) is 70.7 Å². The van der Waals surface area contributed by atoms with Gasteiger partial charge in [-0.3, -0.25) is 0 Å². The zero-order valence-electron chi connectivity index (χ0n) is 13.9. The zero-order valence-corrected chi connectivity index (χ0v) is 14.7. The Hall–Kier alpha value is -3.25. The van der Waals surface area contributed by atoms with Crippen molar-refractivity contribution in [1.29, 1.82) is 0 Å². The van der Waals surface area contributed by atoms with Crippen molar-refractivity contribution in [1.82, 2.24) is 4.98 Å². The number of carbonyl (C=O) groups is 1. The van der Waals surface area contributed by atoms with Crippen molar-refractivity contribution in [2.75, 3.05) is 7.11 Å². The second-order valence-electron chi connectivity index (χ2n) is 5.51. The molecule has 26 heavy (non-hydrogen) atoms. The molecule has 1 aliphatic rings. The van der Waals surface area contributed by atoms with Gasteiger partial charge in [0.15, 0.2) is 5.70 Å². The van der Waals surface area contributed by atoms with Crippen LogP contribution in [-0.4, -0.2) is 24.0 Å². The highest BCUT2D eigenvalue weighted by atomic mass is 32.1. The molecule has 0 amide bonds. The molecule has 2 aromatic carbocycles. The van der Waals surface area contributed by atoms with E-state index in [1.165, 1.54) is 11.3 Å². The summed E-state index contributed by atoms with van der Waals surface area (Å²) in [6, 6.07) is 17.1. The van der Waals surface area contributed by atoms with Gasteiger partial charge in [-0.2, -0.15) is 0 Å². The molecule has 0 saturated heterocycles. The Balaban J connectivity index is 1.60. The van der Waals surface area contributed by atoms with Crippen LogP contribution in [0, 0.1) is 0 Å². The highest BCUT2D eigenvalue weighted by Crippen LogP contribution is 2.26. The zero-order chi connectivity index (χ0) is 17.9. The van der Waals surface area contributed by atoms with E-state index in [1.807, 2.05) is 35.7 Å². The van der Waals surface area contributed by atoms with Crippen LogP contribution in [-0.2, 0) is 9.53 Å². The molecule has 5 nitrogen and oxygen atoms in total. The fraction of sp³-hybridized carbons (Fsp3) is 0.0500. The molecule has 128 valence electrons. The molecule has 6 heteroatoms. The summed E-state index contributed by atoms with van der Waals surface area (Å²) in [5.74, 6) is 0.526. The molecule has 0 atom stereocenters. The van der Waals surface area contributed by atoms with Gasteiger partial charge in [0.05, 0.1) is 12.8 Å². The monoisotopic (exact) mass is 362 g/mol. The molecule has 0 radical (unpaired) electrons. The standard InChI is InChI=1S/C20H14N2O3S/c1-24-16-9-7-13(8-10-16)18-22-17(20(23)25-18)11-15-12-26-19(21-15)14-5-3-2-4-6-14/h2-12H,1H3/b17-11-. The van der Waals surface area contributed by atoms with Gasteiger partial charge in [-0.1, -0.05) is 30.3 Å². The summed E-state index contributed by atoms with van der Waals surface area (Å²) in [7, 11) is 1.60. The van der Waals surface area contributed by atoms with Gasteiger partial charge in [0, 0.05) is 16.5 Å². The third-order valence-corrected chi connectivity index (χ3v) is 4.69. The molecular formula is C20H14N2O3S. The van der Waals surface area contributed by atoms with E-state index < -0.39 is 5.97 Å². The number of esters is 1. The minimum absolute atomic E-state index is 0.237. The molecule has 0 bridgehead atoms. The number of aromatic nitrogens is 1. The first-order valence-corrected chi connectivity index (χ1v) is 8.79. The minimum Gasteiger partial charge on any atom is -0.497 e. The van der Waals surface area contributed by atoms with E-state index in [1.54, 1.807) is 37.5 Å². The van der Waals surface area contributed by atoms with Crippen molar-refractivity contribution >= 4 is 29.3 Å². The molecule has 0 saturated carbocycles. The summed E-state index contributed by atoms with van der Waals surface area (Å²) in [5.41, 5.74) is 2.67. The number of nitrogens with zero attached hydrogens (tertiary/aromatic N) is 2. The molecule has 1 aliphatic heterocycles. The minimum atomic E-state index is -0.481. The highest BCUT2D eigenvalue weighted by molar-refractivity contribution is 7.13. The van der Waals surface area contributed by atoms with Crippen molar-refractivity contribution in [3.05, 3.63) is 76.9 Å². The van der Waals surface area contributed by atoms with Crippen molar-refractivity contribution < 1.29 is 14.3 Å². The topological polar surface area (TPSA) is 60.8 Å². The van der Waals surface area contributed by atoms with E-state index in [0.717, 1.165) is 16.3 Å². The van der Waals surface area contributed by atoms with E-state index >= 15 is 0 Å². The summed E-state index contributed by atoms with van der Waals surface area (Å²) in [6.45, 7) is 0. The Morgan fingerprint density at radius 3 is 2.54 bits per heavy atom. The SMILES string of the molecule is COc1ccc(C2=N/C(=C\c3csc(-c4ccccc4)n3)C(=O)O2)cc1. The van der Waals surface area contributed by atoms with Gasteiger partial charge < -0.3 is 9.47 Å². The Labute approximate surface area is 154 Å². The first-order valence-electron chi connectivity index (χ1n) is 7.91. The molecule has 3 aromatic rings. The molecule has 0 unspecified atom stereocenters. The van der Waals surface area contributed by atoms with Crippen molar-refractivity contribution in [2.45, 2.75) is 0 Å². The lowest BCUT2D eigenvalue weighted by Gasteiger charge is -2.01. The number of methoxy groups -OCH3 is 1. The number of ether oxygens (including phenoxy) is 2. The third-order valence-electron chi connectivity index (χ3n) is 3.78. The van der Waals surface area contributed by atoms with Gasteiger partial charge >= 0.3 is 5.97 Å². The molecule has 0 N–H and O–H groups in total. The fourth-order valence-corrected chi connectivity index (χ4v) is 3.26. The van der Waals surface area contributed by atoms with Gasteiger partial charge in [-0.15, -0.1) is 11.3 Å². The number of carbonyl (C=O) groups excluding carboxylic acids is 1. The van der Waals surface area contributed by atoms with Crippen molar-refractivity contribution in [2.24, 2.45) is 4.99 Å². The van der Waals surface area contributed by atoms with Crippen LogP contribution in [0.2, 0.25) is 0 Å². The summed E-state index contributed by atoms with van der Waals surface area (Å²) < 4.78 is 10.4. The largest absolute Gasteiger partial charge is 0.497 e. The van der Waals surface area contributed by atoms with Crippen LogP contribution in [0.25, 0.3) is 16.6 Å². The maximum Gasteiger partial charge on any atom is 0.363 e. The van der Waals surface area contributed by atoms with E-state index in [2.05, 4.69) is 9.98 Å². The van der Waals surface area contributed by atoms with Gasteiger partial charge in [-0.05, 0) is 30.3 Å². The molecule has 0 aliphatic carbocycles. The van der Waals surface area contributed by atoms with Gasteiger partial charge in [0.25, 0.3) is 0 Å². The van der Waals surface area contributed by atoms with Gasteiger partial charge in [0.2, 0.25) is 5.90 Å². The number of hydrogen-bond acceptors (Lipinski definition) is 6. The van der Waals surface area contributed by atoms with Crippen molar-refractivity contribution in [3.8, 4) is 16.3 Å². The normalized spacial score (nSPS) is 15.0. The maximum atomic E-state index is 12.1. The second-order valence-corrected chi connectivity index (χ2v) is 6.37. The Morgan fingerprint density at radius 1 is 1.04 bits per heavy atom. The summed E-state index contributed by atoms with van der Waals surface area (Å²) in [5, 5.41) is 2.78. The van der Waals surface area contributed by atoms with Crippen LogP contribution in [0.3, 0.4) is 0 Å². The second kappa shape index (κ2) is 6.93. The highest BCUT2D eigenvalue weighted by Gasteiger charge is 2.24. The van der Waals surface area contributed by atoms with Crippen LogP contribution in [0.1, 0.15) is 11.3 Å². The molecule has 0 fully saturated rings. The molecule has 0 spiro atoms. The Bertz CT molecular complexity index is 1010. The third kappa shape index (κ3) is 3.27. The van der Waals surface area contributed by atoms with Crippen LogP contribution < -0.4 is 4.74 Å². The maximum absolute atomic E-state index is 12.1. The smallest absolute Gasteiger partial charge is 0.363 e. The Morgan fingerprint density at radius 2 is 1.81 bits per heavy atom. The average Bonchev–Trinajstić information content (AvgIpc) is 3.30. The summed E-state index contributed by atoms with van der Waals surface area (Å²) in [6.07, 6.45) is 1.64. The molecular weight excluding hydrogens is 348 g/mol.